The summed E-state index contributed by atoms with van der Waals surface area (Å²) >= 11 is 1.91. The van der Waals surface area contributed by atoms with Gasteiger partial charge in [-0.15, -0.1) is 11.8 Å². The van der Waals surface area contributed by atoms with Crippen LogP contribution in [0, 0.1) is 0 Å². The van der Waals surface area contributed by atoms with Crippen molar-refractivity contribution in [1.82, 2.24) is 4.98 Å². The summed E-state index contributed by atoms with van der Waals surface area (Å²) < 4.78 is 0. The third kappa shape index (κ3) is 1.18. The number of benzene rings is 1. The fraction of sp³-hybridized carbons (Fsp3) is 0.167. The average molecular weight is 201 g/mol. The maximum atomic E-state index is 3.31. The Balaban J connectivity index is 2.21. The number of allylic oxidation sites excluding steroid dienone is 1. The molecule has 0 fully saturated rings. The molecule has 0 aliphatic carbocycles. The Labute approximate surface area is 87.2 Å². The van der Waals surface area contributed by atoms with E-state index in [1.807, 2.05) is 11.8 Å². The van der Waals surface area contributed by atoms with Crippen molar-refractivity contribution >= 4 is 28.2 Å². The number of para-hydroxylation sites is 1. The number of hydrogen-bond donors (Lipinski definition) is 1. The van der Waals surface area contributed by atoms with Gasteiger partial charge in [0.05, 0.1) is 0 Å². The van der Waals surface area contributed by atoms with Crippen LogP contribution >= 0.6 is 11.8 Å². The van der Waals surface area contributed by atoms with Crippen molar-refractivity contribution in [2.45, 2.75) is 6.42 Å². The standard InChI is InChI=1S/C12H11NS/c1-2-4-12-10(3-1)11(7-13-12)9-5-6-14-8-9/h1-4,7-8,13H,5-6H2. The Morgan fingerprint density at radius 2 is 2.14 bits per heavy atom. The summed E-state index contributed by atoms with van der Waals surface area (Å²) in [5.41, 5.74) is 4.10. The van der Waals surface area contributed by atoms with E-state index in [2.05, 4.69) is 40.9 Å². The molecule has 1 aliphatic rings. The lowest BCUT2D eigenvalue weighted by atomic mass is 10.0. The summed E-state index contributed by atoms with van der Waals surface area (Å²) in [7, 11) is 0. The van der Waals surface area contributed by atoms with Gasteiger partial charge in [0, 0.05) is 28.4 Å². The Morgan fingerprint density at radius 1 is 1.21 bits per heavy atom. The topological polar surface area (TPSA) is 15.8 Å². The van der Waals surface area contributed by atoms with E-state index >= 15 is 0 Å². The quantitative estimate of drug-likeness (QED) is 0.744. The molecule has 3 rings (SSSR count). The molecule has 1 N–H and O–H groups in total. The van der Waals surface area contributed by atoms with Crippen molar-refractivity contribution in [3.05, 3.63) is 41.4 Å². The fourth-order valence-electron chi connectivity index (χ4n) is 1.92. The molecule has 14 heavy (non-hydrogen) atoms. The van der Waals surface area contributed by atoms with Gasteiger partial charge in [0.15, 0.2) is 0 Å². The largest absolute Gasteiger partial charge is 0.361 e. The Morgan fingerprint density at radius 3 is 3.00 bits per heavy atom. The summed E-state index contributed by atoms with van der Waals surface area (Å²) in [6.45, 7) is 0. The van der Waals surface area contributed by atoms with Crippen molar-refractivity contribution in [3.8, 4) is 0 Å². The minimum absolute atomic E-state index is 1.20. The third-order valence-electron chi connectivity index (χ3n) is 2.65. The molecular formula is C12H11NS. The second kappa shape index (κ2) is 3.21. The molecule has 1 aliphatic heterocycles. The monoisotopic (exact) mass is 201 g/mol. The summed E-state index contributed by atoms with van der Waals surface area (Å²) in [5.74, 6) is 1.23. The molecule has 0 unspecified atom stereocenters. The van der Waals surface area contributed by atoms with Gasteiger partial charge < -0.3 is 4.98 Å². The van der Waals surface area contributed by atoms with Crippen molar-refractivity contribution in [1.29, 1.82) is 0 Å². The van der Waals surface area contributed by atoms with Gasteiger partial charge in [0.1, 0.15) is 0 Å². The second-order valence-electron chi connectivity index (χ2n) is 3.51. The van der Waals surface area contributed by atoms with Crippen LogP contribution in [0.5, 0.6) is 0 Å². The number of aromatic amines is 1. The van der Waals surface area contributed by atoms with Crippen LogP contribution in [-0.4, -0.2) is 10.7 Å². The van der Waals surface area contributed by atoms with Crippen LogP contribution in [-0.2, 0) is 0 Å². The molecule has 0 bridgehead atoms. The van der Waals surface area contributed by atoms with Crippen LogP contribution < -0.4 is 0 Å². The molecule has 0 spiro atoms. The number of H-pyrrole nitrogens is 1. The first kappa shape index (κ1) is 8.18. The number of hydrogen-bond acceptors (Lipinski definition) is 1. The molecule has 0 atom stereocenters. The molecule has 2 heterocycles. The van der Waals surface area contributed by atoms with Crippen LogP contribution in [0.15, 0.2) is 35.9 Å². The molecule has 0 radical (unpaired) electrons. The third-order valence-corrected chi connectivity index (χ3v) is 3.54. The van der Waals surface area contributed by atoms with E-state index in [-0.39, 0.29) is 0 Å². The van der Waals surface area contributed by atoms with E-state index in [0.29, 0.717) is 0 Å². The molecular weight excluding hydrogens is 190 g/mol. The maximum Gasteiger partial charge on any atom is 0.0460 e. The number of thioether (sulfide) groups is 1. The van der Waals surface area contributed by atoms with E-state index in [0.717, 1.165) is 0 Å². The highest BCUT2D eigenvalue weighted by atomic mass is 32.2. The highest BCUT2D eigenvalue weighted by Crippen LogP contribution is 2.33. The fourth-order valence-corrected chi connectivity index (χ4v) is 2.82. The Kier molecular flexibility index (Phi) is 1.88. The van der Waals surface area contributed by atoms with Crippen molar-refractivity contribution in [2.24, 2.45) is 0 Å². The molecule has 1 nitrogen and oxygen atoms in total. The average Bonchev–Trinajstić information content (AvgIpc) is 2.85. The lowest BCUT2D eigenvalue weighted by Gasteiger charge is -1.97. The van der Waals surface area contributed by atoms with Crippen LogP contribution in [0.25, 0.3) is 16.5 Å². The van der Waals surface area contributed by atoms with Crippen molar-refractivity contribution in [3.63, 3.8) is 0 Å². The SMILES string of the molecule is C1=C(c2c[nH]c3ccccc23)CCS1. The maximum absolute atomic E-state index is 3.31. The first-order valence-electron chi connectivity index (χ1n) is 4.82. The van der Waals surface area contributed by atoms with Crippen molar-refractivity contribution < 1.29 is 0 Å². The first-order valence-corrected chi connectivity index (χ1v) is 5.87. The highest BCUT2D eigenvalue weighted by molar-refractivity contribution is 8.02. The number of fused-ring (bicyclic) bond motifs is 1. The molecule has 2 heteroatoms. The highest BCUT2D eigenvalue weighted by Gasteiger charge is 2.11. The minimum Gasteiger partial charge on any atom is -0.361 e. The van der Waals surface area contributed by atoms with Crippen LogP contribution in [0.2, 0.25) is 0 Å². The molecule has 0 saturated heterocycles. The zero-order chi connectivity index (χ0) is 9.38. The lowest BCUT2D eigenvalue weighted by Crippen LogP contribution is -1.78. The zero-order valence-corrected chi connectivity index (χ0v) is 8.60. The summed E-state index contributed by atoms with van der Waals surface area (Å²) in [4.78, 5) is 3.31. The summed E-state index contributed by atoms with van der Waals surface area (Å²) in [5, 5.41) is 3.64. The normalized spacial score (nSPS) is 16.1. The predicted octanol–water partition coefficient (Wildman–Crippen LogP) is 3.65. The lowest BCUT2D eigenvalue weighted by molar-refractivity contribution is 1.29. The first-order chi connectivity index (χ1) is 6.95. The molecule has 1 aromatic heterocycles. The van der Waals surface area contributed by atoms with Gasteiger partial charge in [-0.3, -0.25) is 0 Å². The van der Waals surface area contributed by atoms with Gasteiger partial charge in [-0.2, -0.15) is 0 Å². The van der Waals surface area contributed by atoms with E-state index < -0.39 is 0 Å². The van der Waals surface area contributed by atoms with E-state index in [1.54, 1.807) is 0 Å². The molecule has 1 aromatic carbocycles. The van der Waals surface area contributed by atoms with Gasteiger partial charge in [-0.1, -0.05) is 18.2 Å². The Hall–Kier alpha value is -1.15. The van der Waals surface area contributed by atoms with Gasteiger partial charge in [-0.25, -0.2) is 0 Å². The number of nitrogens with one attached hydrogen (secondary N) is 1. The van der Waals surface area contributed by atoms with Crippen LogP contribution in [0.1, 0.15) is 12.0 Å². The zero-order valence-electron chi connectivity index (χ0n) is 7.79. The van der Waals surface area contributed by atoms with Gasteiger partial charge >= 0.3 is 0 Å². The summed E-state index contributed by atoms with van der Waals surface area (Å²) in [6, 6.07) is 8.48. The van der Waals surface area contributed by atoms with Gasteiger partial charge in [0.2, 0.25) is 0 Å². The van der Waals surface area contributed by atoms with E-state index in [1.165, 1.54) is 34.2 Å². The molecule has 70 valence electrons. The number of aromatic nitrogens is 1. The smallest absolute Gasteiger partial charge is 0.0460 e. The van der Waals surface area contributed by atoms with Crippen LogP contribution in [0.3, 0.4) is 0 Å². The van der Waals surface area contributed by atoms with E-state index in [4.69, 9.17) is 0 Å². The molecule has 0 amide bonds. The predicted molar refractivity (Wildman–Crippen MR) is 63.4 cm³/mol. The van der Waals surface area contributed by atoms with E-state index in [9.17, 15) is 0 Å². The molecule has 0 saturated carbocycles. The minimum atomic E-state index is 1.20. The second-order valence-corrected chi connectivity index (χ2v) is 4.49. The van der Waals surface area contributed by atoms with Crippen LogP contribution in [0.4, 0.5) is 0 Å². The van der Waals surface area contributed by atoms with Gasteiger partial charge in [-0.05, 0) is 23.5 Å². The van der Waals surface area contributed by atoms with Gasteiger partial charge in [0.25, 0.3) is 0 Å². The summed E-state index contributed by atoms with van der Waals surface area (Å²) in [6.07, 6.45) is 3.33. The van der Waals surface area contributed by atoms with Crippen molar-refractivity contribution in [2.75, 3.05) is 5.75 Å². The number of rotatable bonds is 1. The molecule has 2 aromatic rings. The Bertz CT molecular complexity index is 496.